The Bertz CT molecular complexity index is 1070. The average molecular weight is 522 g/mol. The summed E-state index contributed by atoms with van der Waals surface area (Å²) in [5.74, 6) is -0.599. The summed E-state index contributed by atoms with van der Waals surface area (Å²) >= 11 is 4.65. The van der Waals surface area contributed by atoms with Crippen molar-refractivity contribution < 1.29 is 23.9 Å². The number of aryl methyl sites for hydroxylation is 1. The minimum absolute atomic E-state index is 0.0753. The van der Waals surface area contributed by atoms with Crippen LogP contribution in [-0.2, 0) is 14.3 Å². The maximum Gasteiger partial charge on any atom is 0.413 e. The van der Waals surface area contributed by atoms with Crippen LogP contribution in [0.5, 0.6) is 5.06 Å². The Kier molecular flexibility index (Phi) is 6.28. The molecule has 3 amide bonds. The molecule has 2 atom stereocenters. The molecular weight excluding hydrogens is 498 g/mol. The van der Waals surface area contributed by atoms with Crippen LogP contribution >= 0.6 is 27.3 Å². The van der Waals surface area contributed by atoms with Gasteiger partial charge >= 0.3 is 6.09 Å². The Morgan fingerprint density at radius 2 is 2.06 bits per heavy atom. The molecule has 2 aliphatic rings. The van der Waals surface area contributed by atoms with E-state index in [4.69, 9.17) is 9.47 Å². The van der Waals surface area contributed by atoms with Crippen LogP contribution in [0.1, 0.15) is 19.4 Å². The maximum atomic E-state index is 13.1. The fraction of sp³-hybridized carbons (Fsp3) is 0.409. The van der Waals surface area contributed by atoms with Gasteiger partial charge in [-0.3, -0.25) is 9.59 Å². The molecule has 8 nitrogen and oxygen atoms in total. The molecule has 32 heavy (non-hydrogen) atoms. The van der Waals surface area contributed by atoms with Crippen molar-refractivity contribution in [1.82, 2.24) is 5.32 Å². The lowest BCUT2D eigenvalue weighted by Crippen LogP contribution is -2.52. The number of nitrogens with one attached hydrogen (secondary N) is 1. The molecule has 1 aromatic carbocycles. The van der Waals surface area contributed by atoms with Crippen LogP contribution in [0.3, 0.4) is 0 Å². The van der Waals surface area contributed by atoms with Crippen LogP contribution < -0.4 is 19.9 Å². The van der Waals surface area contributed by atoms with Gasteiger partial charge in [-0.1, -0.05) is 18.3 Å². The summed E-state index contributed by atoms with van der Waals surface area (Å²) in [6.07, 6.45) is -0.597. The first-order chi connectivity index (χ1) is 15.2. The van der Waals surface area contributed by atoms with E-state index in [-0.39, 0.29) is 18.4 Å². The van der Waals surface area contributed by atoms with Gasteiger partial charge in [-0.25, -0.2) is 4.79 Å². The molecular formula is C22H24BrN3O5S. The van der Waals surface area contributed by atoms with Crippen molar-refractivity contribution in [2.75, 3.05) is 36.1 Å². The molecule has 1 N–H and O–H groups in total. The van der Waals surface area contributed by atoms with Crippen molar-refractivity contribution in [2.45, 2.75) is 26.3 Å². The number of hydrogen-bond donors (Lipinski definition) is 1. The Hall–Kier alpha value is -2.43. The summed E-state index contributed by atoms with van der Waals surface area (Å²) in [4.78, 5) is 41.1. The van der Waals surface area contributed by atoms with Gasteiger partial charge in [0.1, 0.15) is 6.61 Å². The molecule has 4 rings (SSSR count). The van der Waals surface area contributed by atoms with Crippen LogP contribution in [0, 0.1) is 12.8 Å². The number of amides is 3. The molecule has 10 heteroatoms. The number of carbonyl (C=O) groups excluding carboxylic acids is 3. The van der Waals surface area contributed by atoms with E-state index in [1.54, 1.807) is 28.9 Å². The highest BCUT2D eigenvalue weighted by Gasteiger charge is 2.48. The van der Waals surface area contributed by atoms with Crippen molar-refractivity contribution in [2.24, 2.45) is 5.92 Å². The normalized spacial score (nSPS) is 23.6. The Labute approximate surface area is 198 Å². The average Bonchev–Trinajstić information content (AvgIpc) is 3.24. The van der Waals surface area contributed by atoms with Gasteiger partial charge in [0.15, 0.2) is 5.06 Å². The molecule has 0 saturated carbocycles. The molecule has 2 aromatic rings. The van der Waals surface area contributed by atoms with Gasteiger partial charge in [-0.15, -0.1) is 0 Å². The predicted octanol–water partition coefficient (Wildman–Crippen LogP) is 3.71. The van der Waals surface area contributed by atoms with E-state index in [2.05, 4.69) is 21.2 Å². The Morgan fingerprint density at radius 1 is 1.28 bits per heavy atom. The van der Waals surface area contributed by atoms with Gasteiger partial charge in [0.05, 0.1) is 21.9 Å². The van der Waals surface area contributed by atoms with Gasteiger partial charge in [0.25, 0.3) is 5.91 Å². The Balaban J connectivity index is 1.49. The zero-order valence-electron chi connectivity index (χ0n) is 18.0. The number of halogens is 1. The third-order valence-electron chi connectivity index (χ3n) is 5.98. The highest BCUT2D eigenvalue weighted by molar-refractivity contribution is 9.11. The number of anilines is 2. The molecule has 2 unspecified atom stereocenters. The van der Waals surface area contributed by atoms with E-state index in [0.29, 0.717) is 24.8 Å². The first-order valence-electron chi connectivity index (χ1n) is 10.2. The first-order valence-corrected chi connectivity index (χ1v) is 11.8. The number of thiophene rings is 1. The van der Waals surface area contributed by atoms with Crippen molar-refractivity contribution in [1.29, 1.82) is 0 Å². The van der Waals surface area contributed by atoms with E-state index >= 15 is 0 Å². The topological polar surface area (TPSA) is 88.2 Å². The smallest absolute Gasteiger partial charge is 0.399 e. The quantitative estimate of drug-likeness (QED) is 0.662. The standard InChI is InChI=1S/C22H24BrN3O5S/c1-13-10-15(4-5-16(13)25-8-9-30-11-18(25)27)26-12-22(3,14(2)20(26)28)24-21(29)31-19-7-6-17(23)32-19/h4-7,10,14H,8-9,11-12H2,1-3H3,(H,24,29). The van der Waals surface area contributed by atoms with E-state index < -0.39 is 17.6 Å². The van der Waals surface area contributed by atoms with Crippen LogP contribution in [0.15, 0.2) is 34.1 Å². The molecule has 0 spiro atoms. The van der Waals surface area contributed by atoms with Crippen molar-refractivity contribution in [3.05, 3.63) is 39.7 Å². The van der Waals surface area contributed by atoms with Crippen LogP contribution in [-0.4, -0.2) is 49.7 Å². The zero-order valence-corrected chi connectivity index (χ0v) is 20.4. The van der Waals surface area contributed by atoms with Gasteiger partial charge in [0.2, 0.25) is 5.91 Å². The third-order valence-corrected chi connectivity index (χ3v) is 7.48. The number of rotatable bonds is 4. The van der Waals surface area contributed by atoms with Crippen LogP contribution in [0.25, 0.3) is 0 Å². The summed E-state index contributed by atoms with van der Waals surface area (Å²) in [5, 5.41) is 3.35. The molecule has 2 saturated heterocycles. The number of hydrogen-bond acceptors (Lipinski definition) is 6. The maximum absolute atomic E-state index is 13.1. The second kappa shape index (κ2) is 8.84. The first kappa shape index (κ1) is 22.8. The molecule has 0 aliphatic carbocycles. The van der Waals surface area contributed by atoms with Crippen molar-refractivity contribution >= 4 is 56.5 Å². The lowest BCUT2D eigenvalue weighted by atomic mass is 9.90. The molecule has 3 heterocycles. The SMILES string of the molecule is Cc1cc(N2CC(C)(NC(=O)Oc3ccc(Br)s3)C(C)C2=O)ccc1N1CCOCC1=O. The van der Waals surface area contributed by atoms with Crippen LogP contribution in [0.4, 0.5) is 16.2 Å². The number of benzene rings is 1. The highest BCUT2D eigenvalue weighted by Crippen LogP contribution is 2.35. The summed E-state index contributed by atoms with van der Waals surface area (Å²) in [6.45, 7) is 6.95. The highest BCUT2D eigenvalue weighted by atomic mass is 79.9. The lowest BCUT2D eigenvalue weighted by molar-refractivity contribution is -0.125. The minimum atomic E-state index is -0.796. The predicted molar refractivity (Wildman–Crippen MR) is 125 cm³/mol. The van der Waals surface area contributed by atoms with E-state index in [9.17, 15) is 14.4 Å². The molecule has 170 valence electrons. The fourth-order valence-electron chi connectivity index (χ4n) is 4.00. The van der Waals surface area contributed by atoms with E-state index in [1.165, 1.54) is 11.3 Å². The fourth-order valence-corrected chi connectivity index (χ4v) is 5.19. The van der Waals surface area contributed by atoms with Gasteiger partial charge in [-0.05, 0) is 65.7 Å². The number of ether oxygens (including phenoxy) is 2. The molecule has 2 aliphatic heterocycles. The summed E-state index contributed by atoms with van der Waals surface area (Å²) < 4.78 is 11.4. The summed E-state index contributed by atoms with van der Waals surface area (Å²) in [7, 11) is 0. The monoisotopic (exact) mass is 521 g/mol. The largest absolute Gasteiger partial charge is 0.413 e. The number of morpholine rings is 1. The summed E-state index contributed by atoms with van der Waals surface area (Å²) in [6, 6.07) is 9.10. The minimum Gasteiger partial charge on any atom is -0.399 e. The molecule has 1 aromatic heterocycles. The van der Waals surface area contributed by atoms with Gasteiger partial charge in [0, 0.05) is 24.5 Å². The number of nitrogens with zero attached hydrogens (tertiary/aromatic N) is 2. The summed E-state index contributed by atoms with van der Waals surface area (Å²) in [5.41, 5.74) is 1.63. The second-order valence-corrected chi connectivity index (χ2v) is 10.6. The van der Waals surface area contributed by atoms with Crippen molar-refractivity contribution in [3.8, 4) is 5.06 Å². The Morgan fingerprint density at radius 3 is 2.72 bits per heavy atom. The third kappa shape index (κ3) is 4.39. The zero-order chi connectivity index (χ0) is 23.0. The van der Waals surface area contributed by atoms with Crippen LogP contribution in [0.2, 0.25) is 0 Å². The molecule has 0 radical (unpaired) electrons. The van der Waals surface area contributed by atoms with E-state index in [1.807, 2.05) is 32.0 Å². The van der Waals surface area contributed by atoms with Crippen molar-refractivity contribution in [3.63, 3.8) is 0 Å². The van der Waals surface area contributed by atoms with Gasteiger partial charge < -0.3 is 24.6 Å². The molecule has 2 fully saturated rings. The number of carbonyl (C=O) groups is 3. The van der Waals surface area contributed by atoms with E-state index in [0.717, 1.165) is 20.7 Å². The lowest BCUT2D eigenvalue weighted by Gasteiger charge is -2.29. The molecule has 0 bridgehead atoms. The second-order valence-electron chi connectivity index (χ2n) is 8.21. The van der Waals surface area contributed by atoms with Gasteiger partial charge in [-0.2, -0.15) is 0 Å².